The summed E-state index contributed by atoms with van der Waals surface area (Å²) in [5.41, 5.74) is 0. The smallest absolute Gasteiger partial charge is 0.222 e. The van der Waals surface area contributed by atoms with Gasteiger partial charge in [-0.25, -0.2) is 0 Å². The molecule has 22 heavy (non-hydrogen) atoms. The maximum Gasteiger partial charge on any atom is 0.222 e. The third-order valence-corrected chi connectivity index (χ3v) is 4.93. The van der Waals surface area contributed by atoms with Crippen LogP contribution in [-0.4, -0.2) is 60.9 Å². The minimum atomic E-state index is 0.0764. The van der Waals surface area contributed by atoms with Crippen molar-refractivity contribution < 1.29 is 9.59 Å². The lowest BCUT2D eigenvalue weighted by molar-refractivity contribution is -0.137. The first kappa shape index (κ1) is 17.3. The highest BCUT2D eigenvalue weighted by molar-refractivity contribution is 5.77. The fourth-order valence-corrected chi connectivity index (χ4v) is 3.30. The van der Waals surface area contributed by atoms with Crippen molar-refractivity contribution >= 4 is 11.8 Å². The summed E-state index contributed by atoms with van der Waals surface area (Å²) in [4.78, 5) is 27.6. The van der Waals surface area contributed by atoms with E-state index in [9.17, 15) is 9.59 Å². The quantitative estimate of drug-likeness (QED) is 0.805. The first-order valence-electron chi connectivity index (χ1n) is 8.77. The number of piperidine rings is 1. The monoisotopic (exact) mass is 309 g/mol. The zero-order chi connectivity index (χ0) is 16.1. The van der Waals surface area contributed by atoms with Crippen LogP contribution in [0.15, 0.2) is 0 Å². The van der Waals surface area contributed by atoms with Gasteiger partial charge in [0, 0.05) is 44.4 Å². The van der Waals surface area contributed by atoms with Crippen LogP contribution in [0.2, 0.25) is 0 Å². The zero-order valence-electron chi connectivity index (χ0n) is 14.3. The van der Waals surface area contributed by atoms with Gasteiger partial charge in [0.25, 0.3) is 0 Å². The van der Waals surface area contributed by atoms with Crippen LogP contribution in [0.3, 0.4) is 0 Å². The summed E-state index contributed by atoms with van der Waals surface area (Å²) in [5.74, 6) is 1.81. The number of hydrogen-bond acceptors (Lipinski definition) is 3. The first-order chi connectivity index (χ1) is 10.5. The van der Waals surface area contributed by atoms with Crippen LogP contribution in [0.1, 0.15) is 40.0 Å². The molecule has 0 saturated carbocycles. The Morgan fingerprint density at radius 2 is 1.77 bits per heavy atom. The number of likely N-dealkylation sites (tertiary alicyclic amines) is 2. The van der Waals surface area contributed by atoms with E-state index in [0.29, 0.717) is 18.3 Å². The van der Waals surface area contributed by atoms with Gasteiger partial charge in [0.1, 0.15) is 0 Å². The third kappa shape index (κ3) is 4.70. The molecule has 0 aromatic heterocycles. The molecule has 2 aliphatic heterocycles. The van der Waals surface area contributed by atoms with Gasteiger partial charge in [0.2, 0.25) is 11.8 Å². The standard InChI is InChI=1S/C17H31N3O2/c1-4-16(21)20-11-15(12-20)10-19-7-5-14(6-8-19)9-18-17(22)13(2)3/h13-15H,4-12H2,1-3H3,(H,18,22). The molecule has 5 heteroatoms. The Kier molecular flexibility index (Phi) is 6.24. The number of carbonyl (C=O) groups is 2. The second kappa shape index (κ2) is 7.95. The van der Waals surface area contributed by atoms with Crippen molar-refractivity contribution in [2.45, 2.75) is 40.0 Å². The van der Waals surface area contributed by atoms with Gasteiger partial charge in [0.15, 0.2) is 0 Å². The predicted molar refractivity (Wildman–Crippen MR) is 87.4 cm³/mol. The molecule has 2 aliphatic rings. The van der Waals surface area contributed by atoms with Crippen LogP contribution < -0.4 is 5.32 Å². The van der Waals surface area contributed by atoms with Gasteiger partial charge in [-0.2, -0.15) is 0 Å². The normalized spacial score (nSPS) is 21.0. The topological polar surface area (TPSA) is 52.7 Å². The molecule has 0 aromatic carbocycles. The molecule has 2 heterocycles. The number of carbonyl (C=O) groups excluding carboxylic acids is 2. The minimum Gasteiger partial charge on any atom is -0.356 e. The summed E-state index contributed by atoms with van der Waals surface area (Å²) in [6.45, 7) is 11.9. The molecule has 2 rings (SSSR count). The Bertz CT molecular complexity index is 383. The van der Waals surface area contributed by atoms with Crippen molar-refractivity contribution in [3.05, 3.63) is 0 Å². The summed E-state index contributed by atoms with van der Waals surface area (Å²) in [6.07, 6.45) is 2.96. The van der Waals surface area contributed by atoms with Gasteiger partial charge < -0.3 is 15.1 Å². The van der Waals surface area contributed by atoms with E-state index < -0.39 is 0 Å². The van der Waals surface area contributed by atoms with E-state index >= 15 is 0 Å². The Hall–Kier alpha value is -1.10. The van der Waals surface area contributed by atoms with Gasteiger partial charge >= 0.3 is 0 Å². The average Bonchev–Trinajstić information content (AvgIpc) is 2.48. The Labute approximate surface area is 134 Å². The molecular weight excluding hydrogens is 278 g/mol. The third-order valence-electron chi connectivity index (χ3n) is 4.93. The molecule has 2 amide bonds. The number of rotatable bonds is 6. The van der Waals surface area contributed by atoms with Crippen molar-refractivity contribution in [1.29, 1.82) is 0 Å². The number of nitrogens with zero attached hydrogens (tertiary/aromatic N) is 2. The van der Waals surface area contributed by atoms with E-state index in [1.54, 1.807) is 0 Å². The first-order valence-corrected chi connectivity index (χ1v) is 8.77. The molecule has 0 aliphatic carbocycles. The van der Waals surface area contributed by atoms with Crippen molar-refractivity contribution in [3.63, 3.8) is 0 Å². The Morgan fingerprint density at radius 1 is 1.14 bits per heavy atom. The lowest BCUT2D eigenvalue weighted by Gasteiger charge is -2.43. The van der Waals surface area contributed by atoms with E-state index in [1.807, 2.05) is 25.7 Å². The van der Waals surface area contributed by atoms with Crippen molar-refractivity contribution in [3.8, 4) is 0 Å². The lowest BCUT2D eigenvalue weighted by Crippen LogP contribution is -2.54. The van der Waals surface area contributed by atoms with Crippen LogP contribution in [0.25, 0.3) is 0 Å². The van der Waals surface area contributed by atoms with Crippen LogP contribution >= 0.6 is 0 Å². The van der Waals surface area contributed by atoms with Crippen LogP contribution in [0, 0.1) is 17.8 Å². The fraction of sp³-hybridized carbons (Fsp3) is 0.882. The molecule has 1 N–H and O–H groups in total. The summed E-state index contributed by atoms with van der Waals surface area (Å²) < 4.78 is 0. The number of amides is 2. The second-order valence-corrected chi connectivity index (χ2v) is 7.16. The molecule has 126 valence electrons. The SMILES string of the molecule is CCC(=O)N1CC(CN2CCC(CNC(=O)C(C)C)CC2)C1. The van der Waals surface area contributed by atoms with Gasteiger partial charge in [0.05, 0.1) is 0 Å². The lowest BCUT2D eigenvalue weighted by atomic mass is 9.93. The highest BCUT2D eigenvalue weighted by atomic mass is 16.2. The number of nitrogens with one attached hydrogen (secondary N) is 1. The van der Waals surface area contributed by atoms with Crippen molar-refractivity contribution in [1.82, 2.24) is 15.1 Å². The van der Waals surface area contributed by atoms with Crippen LogP contribution in [-0.2, 0) is 9.59 Å². The van der Waals surface area contributed by atoms with Gasteiger partial charge in [-0.15, -0.1) is 0 Å². The maximum atomic E-state index is 11.6. The van der Waals surface area contributed by atoms with Crippen molar-refractivity contribution in [2.24, 2.45) is 17.8 Å². The predicted octanol–water partition coefficient (Wildman–Crippen LogP) is 1.34. The minimum absolute atomic E-state index is 0.0764. The molecule has 2 fully saturated rings. The molecule has 0 atom stereocenters. The molecule has 0 unspecified atom stereocenters. The van der Waals surface area contributed by atoms with Crippen LogP contribution in [0.5, 0.6) is 0 Å². The van der Waals surface area contributed by atoms with Gasteiger partial charge in [-0.05, 0) is 31.8 Å². The summed E-state index contributed by atoms with van der Waals surface area (Å²) in [6, 6.07) is 0. The highest BCUT2D eigenvalue weighted by Crippen LogP contribution is 2.22. The fourth-order valence-electron chi connectivity index (χ4n) is 3.30. The van der Waals surface area contributed by atoms with Gasteiger partial charge in [-0.3, -0.25) is 9.59 Å². The van der Waals surface area contributed by atoms with E-state index in [1.165, 1.54) is 12.8 Å². The summed E-state index contributed by atoms with van der Waals surface area (Å²) in [7, 11) is 0. The second-order valence-electron chi connectivity index (χ2n) is 7.16. The Morgan fingerprint density at radius 3 is 2.32 bits per heavy atom. The highest BCUT2D eigenvalue weighted by Gasteiger charge is 2.31. The molecule has 0 bridgehead atoms. The zero-order valence-corrected chi connectivity index (χ0v) is 14.3. The summed E-state index contributed by atoms with van der Waals surface area (Å²) in [5, 5.41) is 3.05. The summed E-state index contributed by atoms with van der Waals surface area (Å²) >= 11 is 0. The van der Waals surface area contributed by atoms with E-state index in [0.717, 1.165) is 39.3 Å². The van der Waals surface area contributed by atoms with Crippen LogP contribution in [0.4, 0.5) is 0 Å². The number of hydrogen-bond donors (Lipinski definition) is 1. The molecule has 5 nitrogen and oxygen atoms in total. The van der Waals surface area contributed by atoms with Gasteiger partial charge in [-0.1, -0.05) is 20.8 Å². The molecule has 0 radical (unpaired) electrons. The average molecular weight is 309 g/mol. The van der Waals surface area contributed by atoms with E-state index in [4.69, 9.17) is 0 Å². The van der Waals surface area contributed by atoms with E-state index in [2.05, 4.69) is 10.2 Å². The molecular formula is C17H31N3O2. The van der Waals surface area contributed by atoms with Crippen molar-refractivity contribution in [2.75, 3.05) is 39.3 Å². The molecule has 0 aromatic rings. The molecule has 2 saturated heterocycles. The largest absolute Gasteiger partial charge is 0.356 e. The maximum absolute atomic E-state index is 11.6. The van der Waals surface area contributed by atoms with E-state index in [-0.39, 0.29) is 17.7 Å². The molecule has 0 spiro atoms. The Balaban J connectivity index is 1.58.